The molecule has 1 aromatic carbocycles. The highest BCUT2D eigenvalue weighted by Crippen LogP contribution is 1.96. The first kappa shape index (κ1) is 24.5. The maximum atomic E-state index is 10.2. The quantitative estimate of drug-likeness (QED) is 0.335. The Hall–Kier alpha value is -1.55. The lowest BCUT2D eigenvalue weighted by Crippen LogP contribution is -2.11. The van der Waals surface area contributed by atoms with Crippen molar-refractivity contribution in [2.24, 2.45) is 34.4 Å². The Morgan fingerprint density at radius 3 is 1.14 bits per heavy atom. The standard InChI is InChI=1S/C7H6O2.3C2H8N2/c8-7(9)6-4-2-1-3-5-6;3*3-1-2-4/h1-5H,(H,8,9);3*1-4H2. The predicted molar refractivity (Wildman–Crippen MR) is 87.7 cm³/mol. The van der Waals surface area contributed by atoms with E-state index in [9.17, 15) is 4.79 Å². The monoisotopic (exact) mass is 302 g/mol. The fourth-order valence-electron chi connectivity index (χ4n) is 0.581. The van der Waals surface area contributed by atoms with Gasteiger partial charge in [-0.25, -0.2) is 4.79 Å². The van der Waals surface area contributed by atoms with Crippen molar-refractivity contribution in [3.63, 3.8) is 0 Å². The van der Waals surface area contributed by atoms with Crippen molar-refractivity contribution in [1.82, 2.24) is 0 Å². The minimum atomic E-state index is -0.879. The second-order valence-electron chi connectivity index (χ2n) is 3.40. The van der Waals surface area contributed by atoms with Gasteiger partial charge in [0, 0.05) is 39.3 Å². The third-order valence-corrected chi connectivity index (χ3v) is 1.52. The number of nitrogens with two attached hydrogens (primary N) is 6. The summed E-state index contributed by atoms with van der Waals surface area (Å²) in [5.41, 5.74) is 29.7. The molecule has 0 unspecified atom stereocenters. The number of hydrogen-bond acceptors (Lipinski definition) is 7. The van der Waals surface area contributed by atoms with E-state index in [1.807, 2.05) is 0 Å². The summed E-state index contributed by atoms with van der Waals surface area (Å²) < 4.78 is 0. The molecule has 0 heterocycles. The zero-order valence-electron chi connectivity index (χ0n) is 12.4. The van der Waals surface area contributed by atoms with Crippen LogP contribution in [0.2, 0.25) is 0 Å². The fourth-order valence-corrected chi connectivity index (χ4v) is 0.581. The average Bonchev–Trinajstić information content (AvgIpc) is 2.56. The summed E-state index contributed by atoms with van der Waals surface area (Å²) in [7, 11) is 0. The van der Waals surface area contributed by atoms with Gasteiger partial charge in [-0.2, -0.15) is 0 Å². The van der Waals surface area contributed by atoms with E-state index in [1.165, 1.54) is 0 Å². The number of rotatable bonds is 4. The molecule has 0 atom stereocenters. The van der Waals surface area contributed by atoms with Crippen LogP contribution in [-0.2, 0) is 0 Å². The molecule has 0 aliphatic heterocycles. The van der Waals surface area contributed by atoms with Crippen LogP contribution in [-0.4, -0.2) is 50.3 Å². The highest BCUT2D eigenvalue weighted by Gasteiger charge is 1.96. The number of carboxylic acids is 1. The van der Waals surface area contributed by atoms with Crippen LogP contribution in [0.15, 0.2) is 30.3 Å². The molecule has 13 N–H and O–H groups in total. The van der Waals surface area contributed by atoms with Crippen LogP contribution in [0, 0.1) is 0 Å². The molecule has 0 saturated heterocycles. The summed E-state index contributed by atoms with van der Waals surface area (Å²) in [6.45, 7) is 3.58. The Balaban J connectivity index is -0.000000230. The average molecular weight is 302 g/mol. The first-order valence-corrected chi connectivity index (χ1v) is 6.54. The van der Waals surface area contributed by atoms with Crippen molar-refractivity contribution >= 4 is 5.97 Å². The summed E-state index contributed by atoms with van der Waals surface area (Å²) in [5, 5.41) is 8.38. The Kier molecular flexibility index (Phi) is 27.4. The maximum absolute atomic E-state index is 10.2. The number of benzene rings is 1. The minimum absolute atomic E-state index is 0.331. The molecule has 0 radical (unpaired) electrons. The van der Waals surface area contributed by atoms with Crippen molar-refractivity contribution in [2.45, 2.75) is 0 Å². The van der Waals surface area contributed by atoms with E-state index >= 15 is 0 Å². The van der Waals surface area contributed by atoms with Gasteiger partial charge in [-0.15, -0.1) is 0 Å². The second kappa shape index (κ2) is 23.5. The van der Waals surface area contributed by atoms with E-state index in [0.29, 0.717) is 44.8 Å². The molecule has 1 aromatic rings. The van der Waals surface area contributed by atoms with Gasteiger partial charge >= 0.3 is 5.97 Å². The highest BCUT2D eigenvalue weighted by atomic mass is 16.4. The third kappa shape index (κ3) is 27.6. The molecule has 8 heteroatoms. The Labute approximate surface area is 126 Å². The molecule has 0 aromatic heterocycles. The summed E-state index contributed by atoms with van der Waals surface area (Å²) >= 11 is 0. The zero-order valence-corrected chi connectivity index (χ0v) is 12.4. The molecule has 0 spiro atoms. The van der Waals surface area contributed by atoms with Gasteiger partial charge in [0.2, 0.25) is 0 Å². The molecule has 0 fully saturated rings. The van der Waals surface area contributed by atoms with Gasteiger partial charge in [-0.1, -0.05) is 18.2 Å². The van der Waals surface area contributed by atoms with Crippen LogP contribution in [0.1, 0.15) is 10.4 Å². The maximum Gasteiger partial charge on any atom is 0.335 e. The van der Waals surface area contributed by atoms with E-state index in [1.54, 1.807) is 30.3 Å². The highest BCUT2D eigenvalue weighted by molar-refractivity contribution is 5.87. The first-order valence-electron chi connectivity index (χ1n) is 6.54. The molecule has 0 amide bonds. The third-order valence-electron chi connectivity index (χ3n) is 1.52. The number of hydrogen-bond donors (Lipinski definition) is 7. The Bertz CT molecular complexity index is 282. The molecule has 1 rings (SSSR count). The summed E-state index contributed by atoms with van der Waals surface area (Å²) in [6, 6.07) is 8.30. The molecule has 124 valence electrons. The van der Waals surface area contributed by atoms with Crippen molar-refractivity contribution in [1.29, 1.82) is 0 Å². The number of aromatic carboxylic acids is 1. The smallest absolute Gasteiger partial charge is 0.335 e. The Morgan fingerprint density at radius 2 is 1.00 bits per heavy atom. The molecule has 21 heavy (non-hydrogen) atoms. The molecular formula is C13H30N6O2. The fraction of sp³-hybridized carbons (Fsp3) is 0.462. The van der Waals surface area contributed by atoms with Crippen LogP contribution in [0.25, 0.3) is 0 Å². The van der Waals surface area contributed by atoms with Crippen molar-refractivity contribution in [2.75, 3.05) is 39.3 Å². The Morgan fingerprint density at radius 1 is 0.714 bits per heavy atom. The molecule has 0 aliphatic rings. The van der Waals surface area contributed by atoms with Gasteiger partial charge in [-0.3, -0.25) is 0 Å². The molecular weight excluding hydrogens is 272 g/mol. The SMILES string of the molecule is NCCN.NCCN.NCCN.O=C(O)c1ccccc1. The van der Waals surface area contributed by atoms with E-state index in [2.05, 4.69) is 0 Å². The molecule has 0 aliphatic carbocycles. The van der Waals surface area contributed by atoms with Gasteiger partial charge in [0.1, 0.15) is 0 Å². The number of carboxylic acid groups (broad SMARTS) is 1. The molecule has 8 nitrogen and oxygen atoms in total. The van der Waals surface area contributed by atoms with Crippen LogP contribution < -0.4 is 34.4 Å². The van der Waals surface area contributed by atoms with Gasteiger partial charge < -0.3 is 39.5 Å². The van der Waals surface area contributed by atoms with Crippen molar-refractivity contribution in [3.8, 4) is 0 Å². The van der Waals surface area contributed by atoms with E-state index < -0.39 is 5.97 Å². The largest absolute Gasteiger partial charge is 0.478 e. The molecule has 0 saturated carbocycles. The van der Waals surface area contributed by atoms with Crippen LogP contribution >= 0.6 is 0 Å². The minimum Gasteiger partial charge on any atom is -0.478 e. The van der Waals surface area contributed by atoms with Gasteiger partial charge in [0.05, 0.1) is 5.56 Å². The summed E-state index contributed by atoms with van der Waals surface area (Å²) in [4.78, 5) is 10.2. The van der Waals surface area contributed by atoms with E-state index in [4.69, 9.17) is 39.5 Å². The lowest BCUT2D eigenvalue weighted by atomic mass is 10.2. The summed E-state index contributed by atoms with van der Waals surface area (Å²) in [5.74, 6) is -0.879. The van der Waals surface area contributed by atoms with Gasteiger partial charge in [-0.05, 0) is 12.1 Å². The van der Waals surface area contributed by atoms with Crippen LogP contribution in [0.3, 0.4) is 0 Å². The molecule has 0 bridgehead atoms. The van der Waals surface area contributed by atoms with Crippen molar-refractivity contribution < 1.29 is 9.90 Å². The van der Waals surface area contributed by atoms with E-state index in [0.717, 1.165) is 0 Å². The normalized spacial score (nSPS) is 8.10. The summed E-state index contributed by atoms with van der Waals surface area (Å²) in [6.07, 6.45) is 0. The van der Waals surface area contributed by atoms with Gasteiger partial charge in [0.15, 0.2) is 0 Å². The van der Waals surface area contributed by atoms with Crippen LogP contribution in [0.4, 0.5) is 0 Å². The van der Waals surface area contributed by atoms with Crippen molar-refractivity contribution in [3.05, 3.63) is 35.9 Å². The lowest BCUT2D eigenvalue weighted by molar-refractivity contribution is 0.0697. The predicted octanol–water partition coefficient (Wildman–Crippen LogP) is -1.90. The lowest BCUT2D eigenvalue weighted by Gasteiger charge is -1.88. The van der Waals surface area contributed by atoms with E-state index in [-0.39, 0.29) is 0 Å². The second-order valence-corrected chi connectivity index (χ2v) is 3.40. The topological polar surface area (TPSA) is 193 Å². The first-order chi connectivity index (χ1) is 10.0. The zero-order chi connectivity index (χ0) is 16.9. The van der Waals surface area contributed by atoms with Gasteiger partial charge in [0.25, 0.3) is 0 Å². The number of carbonyl (C=O) groups is 1. The van der Waals surface area contributed by atoms with Crippen LogP contribution in [0.5, 0.6) is 0 Å².